The molecule has 3 rings (SSSR count). The number of nitrogens with zero attached hydrogens (tertiary/aromatic N) is 1. The second-order valence-electron chi connectivity index (χ2n) is 4.80. The van der Waals surface area contributed by atoms with Crippen molar-refractivity contribution < 1.29 is 0 Å². The number of fused-ring (bicyclic) bond motifs is 5. The average Bonchev–Trinajstić information content (AvgIpc) is 2.67. The third-order valence-electron chi connectivity index (χ3n) is 4.09. The molecular weight excluding hydrogens is 170 g/mol. The first-order chi connectivity index (χ1) is 6.70. The van der Waals surface area contributed by atoms with Crippen LogP contribution in [0, 0.1) is 13.8 Å². The van der Waals surface area contributed by atoms with Crippen molar-refractivity contribution in [2.45, 2.75) is 38.8 Å². The Balaban J connectivity index is 2.28. The van der Waals surface area contributed by atoms with Gasteiger partial charge in [0.25, 0.3) is 0 Å². The zero-order valence-corrected chi connectivity index (χ0v) is 9.17. The molecule has 0 spiro atoms. The summed E-state index contributed by atoms with van der Waals surface area (Å²) < 4.78 is 0. The molecule has 0 radical (unpaired) electrons. The van der Waals surface area contributed by atoms with Gasteiger partial charge in [0.1, 0.15) is 0 Å². The molecule has 1 fully saturated rings. The maximum absolute atomic E-state index is 2.56. The summed E-state index contributed by atoms with van der Waals surface area (Å²) in [4.78, 5) is 2.56. The first kappa shape index (κ1) is 8.49. The minimum Gasteiger partial charge on any atom is -0.292 e. The van der Waals surface area contributed by atoms with E-state index in [-0.39, 0.29) is 0 Å². The summed E-state index contributed by atoms with van der Waals surface area (Å²) in [5, 5.41) is 0. The van der Waals surface area contributed by atoms with Crippen LogP contribution in [0.1, 0.15) is 47.2 Å². The molecule has 2 unspecified atom stereocenters. The van der Waals surface area contributed by atoms with E-state index >= 15 is 0 Å². The van der Waals surface area contributed by atoms with Crippen LogP contribution in [0.4, 0.5) is 0 Å². The van der Waals surface area contributed by atoms with Gasteiger partial charge >= 0.3 is 0 Å². The maximum atomic E-state index is 2.56. The van der Waals surface area contributed by atoms with Gasteiger partial charge in [-0.05, 0) is 56.0 Å². The van der Waals surface area contributed by atoms with Crippen molar-refractivity contribution in [1.29, 1.82) is 0 Å². The van der Waals surface area contributed by atoms with Crippen molar-refractivity contribution in [2.75, 3.05) is 7.05 Å². The van der Waals surface area contributed by atoms with Crippen molar-refractivity contribution in [1.82, 2.24) is 4.90 Å². The van der Waals surface area contributed by atoms with Crippen LogP contribution in [0.15, 0.2) is 12.1 Å². The quantitative estimate of drug-likeness (QED) is 0.603. The highest BCUT2D eigenvalue weighted by Gasteiger charge is 2.42. The van der Waals surface area contributed by atoms with E-state index in [4.69, 9.17) is 0 Å². The molecule has 2 aliphatic rings. The Morgan fingerprint density at radius 2 is 1.43 bits per heavy atom. The predicted molar refractivity (Wildman–Crippen MR) is 58.4 cm³/mol. The van der Waals surface area contributed by atoms with E-state index in [1.165, 1.54) is 24.0 Å². The molecule has 2 bridgehead atoms. The Labute approximate surface area is 85.7 Å². The highest BCUT2D eigenvalue weighted by atomic mass is 15.2. The largest absolute Gasteiger partial charge is 0.292 e. The van der Waals surface area contributed by atoms with Gasteiger partial charge in [0.2, 0.25) is 0 Å². The zero-order chi connectivity index (χ0) is 9.87. The fraction of sp³-hybridized carbons (Fsp3) is 0.538. The Bertz CT molecular complexity index is 357. The lowest BCUT2D eigenvalue weighted by molar-refractivity contribution is 0.279. The Hall–Kier alpha value is -0.820. The first-order valence-electron chi connectivity index (χ1n) is 5.52. The van der Waals surface area contributed by atoms with Crippen LogP contribution in [0.2, 0.25) is 0 Å². The van der Waals surface area contributed by atoms with Gasteiger partial charge in [0, 0.05) is 12.1 Å². The van der Waals surface area contributed by atoms with E-state index in [2.05, 4.69) is 37.9 Å². The van der Waals surface area contributed by atoms with Crippen LogP contribution in [-0.4, -0.2) is 11.9 Å². The third-order valence-corrected chi connectivity index (χ3v) is 4.09. The summed E-state index contributed by atoms with van der Waals surface area (Å²) in [7, 11) is 2.28. The predicted octanol–water partition coefficient (Wildman–Crippen LogP) is 3.12. The van der Waals surface area contributed by atoms with Gasteiger partial charge in [-0.3, -0.25) is 4.90 Å². The van der Waals surface area contributed by atoms with Gasteiger partial charge in [0.15, 0.2) is 0 Å². The third kappa shape index (κ3) is 0.838. The molecule has 2 aliphatic heterocycles. The lowest BCUT2D eigenvalue weighted by Crippen LogP contribution is -2.12. The number of hydrogen-bond donors (Lipinski definition) is 0. The summed E-state index contributed by atoms with van der Waals surface area (Å²) in [5.41, 5.74) is 6.27. The van der Waals surface area contributed by atoms with E-state index in [0.717, 1.165) is 12.1 Å². The summed E-state index contributed by atoms with van der Waals surface area (Å²) >= 11 is 0. The Morgan fingerprint density at radius 1 is 1.00 bits per heavy atom. The van der Waals surface area contributed by atoms with Gasteiger partial charge in [-0.2, -0.15) is 0 Å². The molecular formula is C13H17N. The molecule has 2 heterocycles. The Kier molecular flexibility index (Phi) is 1.58. The molecule has 0 saturated carbocycles. The van der Waals surface area contributed by atoms with E-state index in [1.807, 2.05) is 0 Å². The molecule has 1 heteroatoms. The molecule has 1 saturated heterocycles. The average molecular weight is 187 g/mol. The monoisotopic (exact) mass is 187 g/mol. The highest BCUT2D eigenvalue weighted by molar-refractivity contribution is 5.49. The molecule has 1 aromatic carbocycles. The van der Waals surface area contributed by atoms with Crippen molar-refractivity contribution in [2.24, 2.45) is 0 Å². The van der Waals surface area contributed by atoms with Crippen LogP contribution < -0.4 is 0 Å². The van der Waals surface area contributed by atoms with Crippen LogP contribution in [0.25, 0.3) is 0 Å². The maximum Gasteiger partial charge on any atom is 0.0357 e. The van der Waals surface area contributed by atoms with Crippen LogP contribution in [0.5, 0.6) is 0 Å². The molecule has 0 aromatic heterocycles. The molecule has 14 heavy (non-hydrogen) atoms. The standard InChI is InChI=1S/C13H17N/c1-8-4-5-9(2)13-11-7-6-10(12(8)13)14(11)3/h4-5,10-11H,6-7H2,1-3H3. The summed E-state index contributed by atoms with van der Waals surface area (Å²) in [6.07, 6.45) is 2.72. The van der Waals surface area contributed by atoms with Crippen molar-refractivity contribution in [3.05, 3.63) is 34.4 Å². The Morgan fingerprint density at radius 3 is 1.86 bits per heavy atom. The molecule has 0 amide bonds. The lowest BCUT2D eigenvalue weighted by atomic mass is 9.86. The zero-order valence-electron chi connectivity index (χ0n) is 9.17. The fourth-order valence-corrected chi connectivity index (χ4v) is 3.38. The number of hydrogen-bond acceptors (Lipinski definition) is 1. The summed E-state index contributed by atoms with van der Waals surface area (Å²) in [6.45, 7) is 4.51. The molecule has 0 N–H and O–H groups in total. The number of rotatable bonds is 0. The van der Waals surface area contributed by atoms with Gasteiger partial charge in [-0.15, -0.1) is 0 Å². The van der Waals surface area contributed by atoms with E-state index in [9.17, 15) is 0 Å². The van der Waals surface area contributed by atoms with Crippen molar-refractivity contribution >= 4 is 0 Å². The lowest BCUT2D eigenvalue weighted by Gasteiger charge is -2.17. The topological polar surface area (TPSA) is 3.24 Å². The normalized spacial score (nSPS) is 29.6. The minimum atomic E-state index is 0.717. The number of benzene rings is 1. The molecule has 0 aliphatic carbocycles. The molecule has 2 atom stereocenters. The van der Waals surface area contributed by atoms with Crippen LogP contribution >= 0.6 is 0 Å². The summed E-state index contributed by atoms with van der Waals surface area (Å²) in [5.74, 6) is 0. The SMILES string of the molecule is Cc1ccc(C)c2c1C1CCC2N1C. The van der Waals surface area contributed by atoms with Gasteiger partial charge in [0.05, 0.1) is 0 Å². The van der Waals surface area contributed by atoms with Crippen LogP contribution in [0.3, 0.4) is 0 Å². The smallest absolute Gasteiger partial charge is 0.0357 e. The van der Waals surface area contributed by atoms with Crippen LogP contribution in [-0.2, 0) is 0 Å². The molecule has 1 nitrogen and oxygen atoms in total. The summed E-state index contributed by atoms with van der Waals surface area (Å²) in [6, 6.07) is 6.00. The fourth-order valence-electron chi connectivity index (χ4n) is 3.38. The second kappa shape index (κ2) is 2.60. The van der Waals surface area contributed by atoms with E-state index < -0.39 is 0 Å². The van der Waals surface area contributed by atoms with Gasteiger partial charge in [-0.25, -0.2) is 0 Å². The number of aryl methyl sites for hydroxylation is 2. The first-order valence-corrected chi connectivity index (χ1v) is 5.52. The molecule has 74 valence electrons. The van der Waals surface area contributed by atoms with Gasteiger partial charge < -0.3 is 0 Å². The van der Waals surface area contributed by atoms with Crippen molar-refractivity contribution in [3.8, 4) is 0 Å². The highest BCUT2D eigenvalue weighted by Crippen LogP contribution is 2.53. The molecule has 1 aromatic rings. The van der Waals surface area contributed by atoms with E-state index in [1.54, 1.807) is 11.1 Å². The van der Waals surface area contributed by atoms with E-state index in [0.29, 0.717) is 0 Å². The second-order valence-corrected chi connectivity index (χ2v) is 4.80. The minimum absolute atomic E-state index is 0.717. The van der Waals surface area contributed by atoms with Gasteiger partial charge in [-0.1, -0.05) is 12.1 Å². The van der Waals surface area contributed by atoms with Crippen molar-refractivity contribution in [3.63, 3.8) is 0 Å².